The van der Waals surface area contributed by atoms with Gasteiger partial charge in [0, 0.05) is 6.42 Å². The predicted molar refractivity (Wildman–Crippen MR) is 49.7 cm³/mol. The second-order valence-electron chi connectivity index (χ2n) is 4.26. The van der Waals surface area contributed by atoms with Crippen molar-refractivity contribution in [2.45, 2.75) is 33.1 Å². The van der Waals surface area contributed by atoms with Gasteiger partial charge in [-0.25, -0.2) is 0 Å². The molecule has 66 valence electrons. The standard InChI is InChI=1S/C9H13NOS/c1-9(2)4-3-6-7(5-9)11-8(12)10-6/h3-5H2,1-2H3,(H,10,12). The molecule has 1 aromatic heterocycles. The van der Waals surface area contributed by atoms with Gasteiger partial charge in [-0.2, -0.15) is 0 Å². The van der Waals surface area contributed by atoms with Crippen LogP contribution in [0.5, 0.6) is 0 Å². The van der Waals surface area contributed by atoms with E-state index < -0.39 is 0 Å². The minimum Gasteiger partial charge on any atom is -0.434 e. The lowest BCUT2D eigenvalue weighted by Gasteiger charge is -2.27. The zero-order chi connectivity index (χ0) is 8.77. The van der Waals surface area contributed by atoms with E-state index in [1.54, 1.807) is 0 Å². The van der Waals surface area contributed by atoms with E-state index in [9.17, 15) is 0 Å². The highest BCUT2D eigenvalue weighted by Gasteiger charge is 2.27. The molecule has 0 saturated carbocycles. The molecule has 0 aliphatic heterocycles. The van der Waals surface area contributed by atoms with Crippen LogP contribution in [0, 0.1) is 10.3 Å². The number of aromatic amines is 1. The first-order valence-electron chi connectivity index (χ1n) is 4.28. The van der Waals surface area contributed by atoms with Crippen LogP contribution in [0.25, 0.3) is 0 Å². The summed E-state index contributed by atoms with van der Waals surface area (Å²) in [5.41, 5.74) is 1.58. The van der Waals surface area contributed by atoms with Gasteiger partial charge in [-0.3, -0.25) is 0 Å². The molecule has 0 amide bonds. The highest BCUT2D eigenvalue weighted by atomic mass is 32.1. The molecule has 3 heteroatoms. The molecule has 1 heterocycles. The van der Waals surface area contributed by atoms with Crippen molar-refractivity contribution in [3.05, 3.63) is 16.3 Å². The molecular weight excluding hydrogens is 170 g/mol. The molecule has 0 fully saturated rings. The van der Waals surface area contributed by atoms with E-state index in [0.29, 0.717) is 10.3 Å². The van der Waals surface area contributed by atoms with Gasteiger partial charge in [-0.15, -0.1) is 0 Å². The van der Waals surface area contributed by atoms with E-state index in [1.165, 1.54) is 12.1 Å². The summed E-state index contributed by atoms with van der Waals surface area (Å²) < 4.78 is 5.40. The third-order valence-electron chi connectivity index (χ3n) is 2.50. The second kappa shape index (κ2) is 2.46. The van der Waals surface area contributed by atoms with Crippen molar-refractivity contribution in [3.8, 4) is 0 Å². The number of nitrogens with one attached hydrogen (secondary N) is 1. The molecule has 0 saturated heterocycles. The first kappa shape index (κ1) is 8.05. The molecule has 0 spiro atoms. The van der Waals surface area contributed by atoms with Crippen molar-refractivity contribution in [1.29, 1.82) is 0 Å². The van der Waals surface area contributed by atoms with Crippen LogP contribution in [-0.2, 0) is 12.8 Å². The van der Waals surface area contributed by atoms with Gasteiger partial charge in [0.2, 0.25) is 0 Å². The molecule has 2 nitrogen and oxygen atoms in total. The molecule has 1 aliphatic carbocycles. The number of aryl methyl sites for hydroxylation is 1. The molecule has 0 radical (unpaired) electrons. The fraction of sp³-hybridized carbons (Fsp3) is 0.667. The Morgan fingerprint density at radius 3 is 3.00 bits per heavy atom. The van der Waals surface area contributed by atoms with Crippen LogP contribution in [0.4, 0.5) is 0 Å². The molecule has 12 heavy (non-hydrogen) atoms. The van der Waals surface area contributed by atoms with Gasteiger partial charge in [0.25, 0.3) is 4.84 Å². The fourth-order valence-electron chi connectivity index (χ4n) is 1.72. The van der Waals surface area contributed by atoms with Crippen molar-refractivity contribution in [1.82, 2.24) is 4.98 Å². The van der Waals surface area contributed by atoms with E-state index in [4.69, 9.17) is 16.6 Å². The summed E-state index contributed by atoms with van der Waals surface area (Å²) >= 11 is 4.93. The van der Waals surface area contributed by atoms with Gasteiger partial charge in [-0.1, -0.05) is 13.8 Å². The summed E-state index contributed by atoms with van der Waals surface area (Å²) in [5, 5.41) is 0. The highest BCUT2D eigenvalue weighted by Crippen LogP contribution is 2.34. The molecule has 1 N–H and O–H groups in total. The number of rotatable bonds is 0. The smallest absolute Gasteiger partial charge is 0.266 e. The Morgan fingerprint density at radius 1 is 1.50 bits per heavy atom. The van der Waals surface area contributed by atoms with Crippen LogP contribution in [0.1, 0.15) is 31.7 Å². The van der Waals surface area contributed by atoms with Gasteiger partial charge in [0.05, 0.1) is 5.69 Å². The van der Waals surface area contributed by atoms with Crippen molar-refractivity contribution in [2.75, 3.05) is 0 Å². The average Bonchev–Trinajstić information content (AvgIpc) is 2.26. The summed E-state index contributed by atoms with van der Waals surface area (Å²) in [6, 6.07) is 0. The third-order valence-corrected chi connectivity index (χ3v) is 2.68. The van der Waals surface area contributed by atoms with Crippen LogP contribution in [0.2, 0.25) is 0 Å². The Kier molecular flexibility index (Phi) is 1.65. The number of oxazole rings is 1. The number of fused-ring (bicyclic) bond motifs is 1. The Balaban J connectivity index is 2.41. The van der Waals surface area contributed by atoms with E-state index in [0.717, 1.165) is 18.6 Å². The number of hydrogen-bond donors (Lipinski definition) is 1. The molecule has 2 rings (SSSR count). The lowest BCUT2D eigenvalue weighted by atomic mass is 9.78. The van der Waals surface area contributed by atoms with Crippen LogP contribution < -0.4 is 0 Å². The van der Waals surface area contributed by atoms with E-state index in [1.807, 2.05) is 0 Å². The Labute approximate surface area is 77.0 Å². The van der Waals surface area contributed by atoms with Crippen molar-refractivity contribution < 1.29 is 4.42 Å². The molecule has 1 aliphatic rings. The maximum Gasteiger partial charge on any atom is 0.266 e. The fourth-order valence-corrected chi connectivity index (χ4v) is 1.95. The molecule has 0 aromatic carbocycles. The summed E-state index contributed by atoms with van der Waals surface area (Å²) in [5.74, 6) is 1.07. The van der Waals surface area contributed by atoms with Crippen LogP contribution in [0.3, 0.4) is 0 Å². The Bertz CT molecular complexity index is 348. The number of hydrogen-bond acceptors (Lipinski definition) is 2. The van der Waals surface area contributed by atoms with Gasteiger partial charge < -0.3 is 9.40 Å². The summed E-state index contributed by atoms with van der Waals surface area (Å²) in [7, 11) is 0. The van der Waals surface area contributed by atoms with Crippen molar-refractivity contribution >= 4 is 12.2 Å². The van der Waals surface area contributed by atoms with Crippen LogP contribution in [0.15, 0.2) is 4.42 Å². The quantitative estimate of drug-likeness (QED) is 0.626. The summed E-state index contributed by atoms with van der Waals surface area (Å²) in [4.78, 5) is 3.61. The van der Waals surface area contributed by atoms with Gasteiger partial charge in [0.15, 0.2) is 0 Å². The zero-order valence-electron chi connectivity index (χ0n) is 7.44. The Morgan fingerprint density at radius 2 is 2.25 bits per heavy atom. The maximum atomic E-state index is 5.40. The highest BCUT2D eigenvalue weighted by molar-refractivity contribution is 7.71. The van der Waals surface area contributed by atoms with E-state index in [2.05, 4.69) is 18.8 Å². The van der Waals surface area contributed by atoms with Gasteiger partial charge >= 0.3 is 0 Å². The number of aromatic nitrogens is 1. The topological polar surface area (TPSA) is 28.9 Å². The second-order valence-corrected chi connectivity index (χ2v) is 4.63. The van der Waals surface area contributed by atoms with E-state index >= 15 is 0 Å². The summed E-state index contributed by atoms with van der Waals surface area (Å²) in [6.45, 7) is 4.53. The van der Waals surface area contributed by atoms with Crippen molar-refractivity contribution in [3.63, 3.8) is 0 Å². The Hall–Kier alpha value is -0.570. The summed E-state index contributed by atoms with van der Waals surface area (Å²) in [6.07, 6.45) is 3.29. The van der Waals surface area contributed by atoms with Crippen LogP contribution in [-0.4, -0.2) is 4.98 Å². The normalized spacial score (nSPS) is 20.5. The minimum atomic E-state index is 0.375. The maximum absolute atomic E-state index is 5.40. The first-order valence-corrected chi connectivity index (χ1v) is 4.68. The number of H-pyrrole nitrogens is 1. The molecule has 0 bridgehead atoms. The van der Waals surface area contributed by atoms with Crippen molar-refractivity contribution in [2.24, 2.45) is 5.41 Å². The zero-order valence-corrected chi connectivity index (χ0v) is 8.25. The average molecular weight is 183 g/mol. The molecular formula is C9H13NOS. The monoisotopic (exact) mass is 183 g/mol. The molecule has 0 unspecified atom stereocenters. The predicted octanol–water partition coefficient (Wildman–Crippen LogP) is 2.85. The minimum absolute atomic E-state index is 0.375. The largest absolute Gasteiger partial charge is 0.434 e. The molecule has 1 aromatic rings. The first-order chi connectivity index (χ1) is 5.57. The lowest BCUT2D eigenvalue weighted by molar-refractivity contribution is 0.282. The van der Waals surface area contributed by atoms with Gasteiger partial charge in [-0.05, 0) is 30.5 Å². The van der Waals surface area contributed by atoms with Gasteiger partial charge in [0.1, 0.15) is 5.76 Å². The third kappa shape index (κ3) is 1.33. The lowest BCUT2D eigenvalue weighted by Crippen LogP contribution is -2.21. The van der Waals surface area contributed by atoms with Crippen LogP contribution >= 0.6 is 12.2 Å². The van der Waals surface area contributed by atoms with E-state index in [-0.39, 0.29) is 0 Å². The molecule has 0 atom stereocenters. The SMILES string of the molecule is CC1(C)CCc2[nH]c(=S)oc2C1.